The fourth-order valence-corrected chi connectivity index (χ4v) is 2.41. The summed E-state index contributed by atoms with van der Waals surface area (Å²) in [6.07, 6.45) is -2.96. The smallest absolute Gasteiger partial charge is 0.399 e. The van der Waals surface area contributed by atoms with Crippen LogP contribution in [-0.2, 0) is 12.6 Å². The number of nitrogens with zero attached hydrogens (tertiary/aromatic N) is 1. The second kappa shape index (κ2) is 5.62. The van der Waals surface area contributed by atoms with E-state index in [0.29, 0.717) is 23.4 Å². The summed E-state index contributed by atoms with van der Waals surface area (Å²) in [5.74, 6) is -0.347. The molecule has 7 heteroatoms. The van der Waals surface area contributed by atoms with Gasteiger partial charge in [-0.1, -0.05) is 12.1 Å². The Morgan fingerprint density at radius 1 is 1.35 bits per heavy atom. The van der Waals surface area contributed by atoms with Gasteiger partial charge in [0.1, 0.15) is 0 Å². The molecule has 106 valence electrons. The van der Waals surface area contributed by atoms with E-state index in [4.69, 9.17) is 5.73 Å². The molecule has 0 aliphatic heterocycles. The number of Topliss-reactive ketones (excluding diaryl/α,β-unsaturated/α-hetero) is 1. The first-order valence-electron chi connectivity index (χ1n) is 5.77. The fraction of sp³-hybridized carbons (Fsp3) is 0.231. The van der Waals surface area contributed by atoms with Crippen molar-refractivity contribution in [2.24, 2.45) is 0 Å². The first kappa shape index (κ1) is 14.5. The van der Waals surface area contributed by atoms with E-state index in [2.05, 4.69) is 4.98 Å². The van der Waals surface area contributed by atoms with Crippen LogP contribution in [0.3, 0.4) is 0 Å². The minimum atomic E-state index is -4.50. The highest BCUT2D eigenvalue weighted by Gasteiger charge is 2.35. The Hall–Kier alpha value is -1.89. The number of hydrogen-bond acceptors (Lipinski definition) is 4. The Bertz CT molecular complexity index is 622. The third-order valence-corrected chi connectivity index (χ3v) is 3.70. The zero-order valence-corrected chi connectivity index (χ0v) is 11.1. The molecule has 0 atom stereocenters. The highest BCUT2D eigenvalue weighted by Crippen LogP contribution is 2.32. The zero-order valence-electron chi connectivity index (χ0n) is 10.3. The molecule has 0 aliphatic rings. The molecule has 2 N–H and O–H groups in total. The van der Waals surface area contributed by atoms with Crippen molar-refractivity contribution in [2.45, 2.75) is 19.0 Å². The average molecular weight is 300 g/mol. The van der Waals surface area contributed by atoms with Crippen LogP contribution in [0.2, 0.25) is 0 Å². The van der Waals surface area contributed by atoms with Gasteiger partial charge in [-0.25, -0.2) is 4.98 Å². The number of carbonyl (C=O) groups is 1. The number of ketones is 1. The maximum absolute atomic E-state index is 12.4. The largest absolute Gasteiger partial charge is 0.443 e. The molecule has 0 spiro atoms. The highest BCUT2D eigenvalue weighted by atomic mass is 32.1. The van der Waals surface area contributed by atoms with Gasteiger partial charge in [0.05, 0.1) is 4.88 Å². The molecule has 0 unspecified atom stereocenters. The van der Waals surface area contributed by atoms with Crippen molar-refractivity contribution < 1.29 is 18.0 Å². The quantitative estimate of drug-likeness (QED) is 0.694. The van der Waals surface area contributed by atoms with E-state index >= 15 is 0 Å². The van der Waals surface area contributed by atoms with Crippen molar-refractivity contribution in [1.82, 2.24) is 4.98 Å². The van der Waals surface area contributed by atoms with Crippen LogP contribution in [0.25, 0.3) is 0 Å². The average Bonchev–Trinajstić information content (AvgIpc) is 2.85. The van der Waals surface area contributed by atoms with Gasteiger partial charge in [0.25, 0.3) is 0 Å². The van der Waals surface area contributed by atoms with Gasteiger partial charge in [-0.3, -0.25) is 4.79 Å². The van der Waals surface area contributed by atoms with Gasteiger partial charge >= 0.3 is 6.18 Å². The van der Waals surface area contributed by atoms with Crippen molar-refractivity contribution in [3.05, 3.63) is 45.9 Å². The van der Waals surface area contributed by atoms with Gasteiger partial charge in [-0.15, -0.1) is 11.3 Å². The van der Waals surface area contributed by atoms with Crippen LogP contribution in [-0.4, -0.2) is 10.8 Å². The third kappa shape index (κ3) is 3.57. The van der Waals surface area contributed by atoms with Crippen LogP contribution in [0.1, 0.15) is 26.7 Å². The molecule has 2 rings (SSSR count). The number of anilines is 1. The summed E-state index contributed by atoms with van der Waals surface area (Å²) in [6.45, 7) is 0. The number of hydrogen-bond donors (Lipinski definition) is 1. The van der Waals surface area contributed by atoms with Crippen LogP contribution in [0.5, 0.6) is 0 Å². The Kier molecular flexibility index (Phi) is 4.08. The Morgan fingerprint density at radius 2 is 2.10 bits per heavy atom. The molecule has 2 aromatic rings. The lowest BCUT2D eigenvalue weighted by Gasteiger charge is -2.01. The summed E-state index contributed by atoms with van der Waals surface area (Å²) in [4.78, 5) is 15.1. The predicted molar refractivity (Wildman–Crippen MR) is 70.6 cm³/mol. The van der Waals surface area contributed by atoms with Gasteiger partial charge in [-0.2, -0.15) is 13.2 Å². The molecule has 0 radical (unpaired) electrons. The number of benzene rings is 1. The molecular formula is C13H11F3N2OS. The number of carbonyl (C=O) groups excluding carboxylic acids is 1. The van der Waals surface area contributed by atoms with Crippen LogP contribution < -0.4 is 5.73 Å². The monoisotopic (exact) mass is 300 g/mol. The standard InChI is InChI=1S/C13H11F3N2OS/c14-13(15,16)12-18-7-11(20-12)10(19)5-4-8-2-1-3-9(17)6-8/h1-3,6-7H,4-5,17H2. The number of rotatable bonds is 4. The highest BCUT2D eigenvalue weighted by molar-refractivity contribution is 7.13. The molecule has 0 aliphatic carbocycles. The molecule has 1 aromatic carbocycles. The normalized spacial score (nSPS) is 11.6. The first-order chi connectivity index (χ1) is 9.36. The fourth-order valence-electron chi connectivity index (χ4n) is 1.66. The number of alkyl halides is 3. The molecule has 1 heterocycles. The lowest BCUT2D eigenvalue weighted by atomic mass is 10.1. The van der Waals surface area contributed by atoms with Gasteiger partial charge in [0.2, 0.25) is 0 Å². The number of nitrogen functional groups attached to an aromatic ring is 1. The topological polar surface area (TPSA) is 56.0 Å². The Labute approximate surface area is 117 Å². The van der Waals surface area contributed by atoms with Gasteiger partial charge < -0.3 is 5.73 Å². The molecule has 0 saturated heterocycles. The summed E-state index contributed by atoms with van der Waals surface area (Å²) in [7, 11) is 0. The molecule has 1 aromatic heterocycles. The second-order valence-electron chi connectivity index (χ2n) is 4.20. The summed E-state index contributed by atoms with van der Waals surface area (Å²) >= 11 is 0.376. The minimum Gasteiger partial charge on any atom is -0.399 e. The molecule has 20 heavy (non-hydrogen) atoms. The molecule has 3 nitrogen and oxygen atoms in total. The van der Waals surface area contributed by atoms with E-state index in [1.165, 1.54) is 0 Å². The minimum absolute atomic E-state index is 0.0289. The summed E-state index contributed by atoms with van der Waals surface area (Å²) in [5.41, 5.74) is 7.07. The van der Waals surface area contributed by atoms with Gasteiger partial charge in [0, 0.05) is 18.3 Å². The van der Waals surface area contributed by atoms with Crippen LogP contribution in [0.15, 0.2) is 30.5 Å². The van der Waals surface area contributed by atoms with E-state index in [1.54, 1.807) is 18.2 Å². The molecule has 0 amide bonds. The van der Waals surface area contributed by atoms with Gasteiger partial charge in [-0.05, 0) is 24.1 Å². The van der Waals surface area contributed by atoms with E-state index < -0.39 is 11.2 Å². The first-order valence-corrected chi connectivity index (χ1v) is 6.58. The van der Waals surface area contributed by atoms with E-state index in [1.807, 2.05) is 6.07 Å². The molecule has 0 saturated carbocycles. The van der Waals surface area contributed by atoms with Crippen LogP contribution in [0, 0.1) is 0 Å². The zero-order chi connectivity index (χ0) is 14.8. The second-order valence-corrected chi connectivity index (χ2v) is 5.23. The van der Waals surface area contributed by atoms with Crippen LogP contribution >= 0.6 is 11.3 Å². The van der Waals surface area contributed by atoms with Crippen LogP contribution in [0.4, 0.5) is 18.9 Å². The summed E-state index contributed by atoms with van der Waals surface area (Å²) in [5, 5.41) is -0.996. The third-order valence-electron chi connectivity index (χ3n) is 2.61. The molecule has 0 bridgehead atoms. The molecular weight excluding hydrogens is 289 g/mol. The van der Waals surface area contributed by atoms with Crippen molar-refractivity contribution >= 4 is 22.8 Å². The Morgan fingerprint density at radius 3 is 2.70 bits per heavy atom. The lowest BCUT2D eigenvalue weighted by Crippen LogP contribution is -2.03. The number of thiazole rings is 1. The summed E-state index contributed by atoms with van der Waals surface area (Å²) in [6, 6.07) is 7.05. The van der Waals surface area contributed by atoms with Crippen molar-refractivity contribution in [2.75, 3.05) is 5.73 Å². The van der Waals surface area contributed by atoms with E-state index in [9.17, 15) is 18.0 Å². The van der Waals surface area contributed by atoms with Crippen molar-refractivity contribution in [3.8, 4) is 0 Å². The van der Waals surface area contributed by atoms with Gasteiger partial charge in [0.15, 0.2) is 10.8 Å². The predicted octanol–water partition coefficient (Wildman–Crippen LogP) is 3.56. The Balaban J connectivity index is 2.00. The number of halogens is 3. The molecule has 0 fully saturated rings. The number of aryl methyl sites for hydroxylation is 1. The van der Waals surface area contributed by atoms with E-state index in [-0.39, 0.29) is 17.1 Å². The SMILES string of the molecule is Nc1cccc(CCC(=O)c2cnc(C(F)(F)F)s2)c1. The maximum atomic E-state index is 12.4. The number of aromatic nitrogens is 1. The van der Waals surface area contributed by atoms with Crippen molar-refractivity contribution in [1.29, 1.82) is 0 Å². The maximum Gasteiger partial charge on any atom is 0.443 e. The summed E-state index contributed by atoms with van der Waals surface area (Å²) < 4.78 is 37.1. The lowest BCUT2D eigenvalue weighted by molar-refractivity contribution is -0.137. The number of nitrogens with two attached hydrogens (primary N) is 1. The van der Waals surface area contributed by atoms with Crippen molar-refractivity contribution in [3.63, 3.8) is 0 Å². The van der Waals surface area contributed by atoms with E-state index in [0.717, 1.165) is 11.8 Å².